The molecule has 0 aliphatic rings. The molecular formula is C12H16N2. The molecular weight excluding hydrogens is 172 g/mol. The first-order valence-electron chi connectivity index (χ1n) is 4.68. The summed E-state index contributed by atoms with van der Waals surface area (Å²) >= 11 is 0. The van der Waals surface area contributed by atoms with Gasteiger partial charge in [0.2, 0.25) is 0 Å². The highest BCUT2D eigenvalue weighted by Gasteiger charge is 1.97. The number of terminal acetylenes is 1. The van der Waals surface area contributed by atoms with E-state index in [1.54, 1.807) is 0 Å². The van der Waals surface area contributed by atoms with Gasteiger partial charge in [0.25, 0.3) is 0 Å². The van der Waals surface area contributed by atoms with Crippen LogP contribution in [0.3, 0.4) is 0 Å². The highest BCUT2D eigenvalue weighted by Crippen LogP contribution is 2.12. The van der Waals surface area contributed by atoms with E-state index in [0.717, 1.165) is 24.3 Å². The third-order valence-electron chi connectivity index (χ3n) is 1.96. The Kier molecular flexibility index (Phi) is 4.03. The number of benzene rings is 1. The third-order valence-corrected chi connectivity index (χ3v) is 1.96. The van der Waals surface area contributed by atoms with Crippen molar-refractivity contribution in [1.29, 1.82) is 0 Å². The maximum atomic E-state index is 5.38. The van der Waals surface area contributed by atoms with Gasteiger partial charge in [-0.15, -0.1) is 6.42 Å². The Bertz CT molecular complexity index is 323. The van der Waals surface area contributed by atoms with Gasteiger partial charge in [-0.3, -0.25) is 0 Å². The van der Waals surface area contributed by atoms with Gasteiger partial charge in [0, 0.05) is 24.3 Å². The van der Waals surface area contributed by atoms with Gasteiger partial charge < -0.3 is 10.2 Å². The normalized spacial score (nSPS) is 9.86. The standard InChI is InChI=1S/C12H16N2/c1-4-11-7-5-6-8-12(11)13-9-10-14(2)3/h1,5-8,13H,9-10H2,2-3H3. The van der Waals surface area contributed by atoms with Crippen molar-refractivity contribution >= 4 is 5.69 Å². The molecule has 0 saturated carbocycles. The van der Waals surface area contributed by atoms with Crippen LogP contribution < -0.4 is 5.32 Å². The lowest BCUT2D eigenvalue weighted by Crippen LogP contribution is -2.21. The molecule has 0 fully saturated rings. The molecule has 0 heterocycles. The van der Waals surface area contributed by atoms with Crippen LogP contribution in [0.4, 0.5) is 5.69 Å². The Morgan fingerprint density at radius 2 is 2.07 bits per heavy atom. The fourth-order valence-electron chi connectivity index (χ4n) is 1.18. The van der Waals surface area contributed by atoms with Gasteiger partial charge in [0.15, 0.2) is 0 Å². The molecule has 0 saturated heterocycles. The quantitative estimate of drug-likeness (QED) is 0.723. The van der Waals surface area contributed by atoms with Crippen LogP contribution in [0.1, 0.15) is 5.56 Å². The van der Waals surface area contributed by atoms with E-state index in [-0.39, 0.29) is 0 Å². The number of hydrogen-bond donors (Lipinski definition) is 1. The van der Waals surface area contributed by atoms with Crippen molar-refractivity contribution in [2.75, 3.05) is 32.5 Å². The summed E-state index contributed by atoms with van der Waals surface area (Å²) in [4.78, 5) is 2.13. The van der Waals surface area contributed by atoms with E-state index in [1.165, 1.54) is 0 Å². The molecule has 0 radical (unpaired) electrons. The smallest absolute Gasteiger partial charge is 0.0499 e. The average molecular weight is 188 g/mol. The third kappa shape index (κ3) is 3.12. The molecule has 1 rings (SSSR count). The zero-order chi connectivity index (χ0) is 10.4. The van der Waals surface area contributed by atoms with E-state index in [1.807, 2.05) is 24.3 Å². The summed E-state index contributed by atoms with van der Waals surface area (Å²) in [6.07, 6.45) is 5.38. The molecule has 0 spiro atoms. The van der Waals surface area contributed by atoms with Crippen molar-refractivity contribution in [1.82, 2.24) is 4.90 Å². The van der Waals surface area contributed by atoms with Crippen LogP contribution in [0.15, 0.2) is 24.3 Å². The Morgan fingerprint density at radius 3 is 2.71 bits per heavy atom. The molecule has 74 valence electrons. The largest absolute Gasteiger partial charge is 0.383 e. The highest BCUT2D eigenvalue weighted by atomic mass is 15.1. The second kappa shape index (κ2) is 5.31. The predicted octanol–water partition coefficient (Wildman–Crippen LogP) is 1.64. The van der Waals surface area contributed by atoms with E-state index >= 15 is 0 Å². The molecule has 1 aromatic rings. The first kappa shape index (κ1) is 10.6. The molecule has 0 amide bonds. The van der Waals surface area contributed by atoms with Gasteiger partial charge in [0.1, 0.15) is 0 Å². The van der Waals surface area contributed by atoms with Crippen molar-refractivity contribution in [3.05, 3.63) is 29.8 Å². The van der Waals surface area contributed by atoms with Crippen molar-refractivity contribution in [2.45, 2.75) is 0 Å². The van der Waals surface area contributed by atoms with Gasteiger partial charge in [-0.05, 0) is 26.2 Å². The molecule has 0 aliphatic carbocycles. The van der Waals surface area contributed by atoms with Gasteiger partial charge in [-0.1, -0.05) is 18.1 Å². The number of likely N-dealkylation sites (N-methyl/N-ethyl adjacent to an activating group) is 1. The minimum Gasteiger partial charge on any atom is -0.383 e. The molecule has 2 nitrogen and oxygen atoms in total. The molecule has 0 bridgehead atoms. The zero-order valence-electron chi connectivity index (χ0n) is 8.75. The van der Waals surface area contributed by atoms with Crippen LogP contribution >= 0.6 is 0 Å². The summed E-state index contributed by atoms with van der Waals surface area (Å²) in [6.45, 7) is 1.91. The van der Waals surface area contributed by atoms with Gasteiger partial charge in [0.05, 0.1) is 0 Å². The van der Waals surface area contributed by atoms with E-state index in [9.17, 15) is 0 Å². The molecule has 1 N–H and O–H groups in total. The predicted molar refractivity (Wildman–Crippen MR) is 61.4 cm³/mol. The lowest BCUT2D eigenvalue weighted by Gasteiger charge is -2.12. The molecule has 14 heavy (non-hydrogen) atoms. The second-order valence-corrected chi connectivity index (χ2v) is 3.42. The maximum Gasteiger partial charge on any atom is 0.0499 e. The van der Waals surface area contributed by atoms with Crippen LogP contribution in [-0.4, -0.2) is 32.1 Å². The summed E-state index contributed by atoms with van der Waals surface area (Å²) in [5.41, 5.74) is 1.96. The number of nitrogens with zero attached hydrogens (tertiary/aromatic N) is 1. The summed E-state index contributed by atoms with van der Waals surface area (Å²) in [5, 5.41) is 3.31. The van der Waals surface area contributed by atoms with Gasteiger partial charge >= 0.3 is 0 Å². The number of rotatable bonds is 4. The van der Waals surface area contributed by atoms with E-state index in [0.29, 0.717) is 0 Å². The van der Waals surface area contributed by atoms with E-state index < -0.39 is 0 Å². The van der Waals surface area contributed by atoms with E-state index in [4.69, 9.17) is 6.42 Å². The fraction of sp³-hybridized carbons (Fsp3) is 0.333. The summed E-state index contributed by atoms with van der Waals surface area (Å²) in [7, 11) is 4.10. The van der Waals surface area contributed by atoms with E-state index in [2.05, 4.69) is 30.2 Å². The summed E-state index contributed by atoms with van der Waals surface area (Å²) < 4.78 is 0. The Hall–Kier alpha value is -1.46. The maximum absolute atomic E-state index is 5.38. The monoisotopic (exact) mass is 188 g/mol. The van der Waals surface area contributed by atoms with Crippen LogP contribution in [0.2, 0.25) is 0 Å². The molecule has 2 heteroatoms. The minimum atomic E-state index is 0.908. The number of para-hydroxylation sites is 1. The second-order valence-electron chi connectivity index (χ2n) is 3.42. The van der Waals surface area contributed by atoms with Crippen molar-refractivity contribution in [3.8, 4) is 12.3 Å². The lowest BCUT2D eigenvalue weighted by molar-refractivity contribution is 0.425. The van der Waals surface area contributed by atoms with Gasteiger partial charge in [-0.25, -0.2) is 0 Å². The molecule has 0 unspecified atom stereocenters. The van der Waals surface area contributed by atoms with Crippen LogP contribution in [-0.2, 0) is 0 Å². The number of anilines is 1. The zero-order valence-corrected chi connectivity index (χ0v) is 8.75. The summed E-state index contributed by atoms with van der Waals surface area (Å²) in [6, 6.07) is 7.88. The Morgan fingerprint density at radius 1 is 1.36 bits per heavy atom. The number of hydrogen-bond acceptors (Lipinski definition) is 2. The molecule has 1 aromatic carbocycles. The Balaban J connectivity index is 2.54. The molecule has 0 aromatic heterocycles. The Labute approximate surface area is 85.9 Å². The average Bonchev–Trinajstić information content (AvgIpc) is 2.18. The van der Waals surface area contributed by atoms with Crippen molar-refractivity contribution < 1.29 is 0 Å². The first-order valence-corrected chi connectivity index (χ1v) is 4.68. The molecule has 0 atom stereocenters. The topological polar surface area (TPSA) is 15.3 Å². The van der Waals surface area contributed by atoms with Crippen LogP contribution in [0.5, 0.6) is 0 Å². The minimum absolute atomic E-state index is 0.908. The molecule has 0 aliphatic heterocycles. The fourth-order valence-corrected chi connectivity index (χ4v) is 1.18. The lowest BCUT2D eigenvalue weighted by atomic mass is 10.2. The summed E-state index contributed by atoms with van der Waals surface area (Å²) in [5.74, 6) is 2.66. The van der Waals surface area contributed by atoms with Crippen LogP contribution in [0, 0.1) is 12.3 Å². The number of nitrogens with one attached hydrogen (secondary N) is 1. The van der Waals surface area contributed by atoms with Gasteiger partial charge in [-0.2, -0.15) is 0 Å². The van der Waals surface area contributed by atoms with Crippen molar-refractivity contribution in [3.63, 3.8) is 0 Å². The highest BCUT2D eigenvalue weighted by molar-refractivity contribution is 5.58. The first-order chi connectivity index (χ1) is 6.74. The van der Waals surface area contributed by atoms with Crippen molar-refractivity contribution in [2.24, 2.45) is 0 Å². The SMILES string of the molecule is C#Cc1ccccc1NCCN(C)C. The van der Waals surface area contributed by atoms with Crippen LogP contribution in [0.25, 0.3) is 0 Å².